The third-order valence-electron chi connectivity index (χ3n) is 7.78. The normalized spacial score (nSPS) is 27.9. The summed E-state index contributed by atoms with van der Waals surface area (Å²) in [6, 6.07) is 16.5. The maximum Gasteiger partial charge on any atom is 0.131 e. The Balaban J connectivity index is 1.57. The van der Waals surface area contributed by atoms with Crippen LogP contribution in [0.5, 0.6) is 5.75 Å². The lowest BCUT2D eigenvalue weighted by atomic mass is 9.71. The fraction of sp³-hybridized carbons (Fsp3) is 0.370. The van der Waals surface area contributed by atoms with E-state index in [-0.39, 0.29) is 6.04 Å². The highest BCUT2D eigenvalue weighted by atomic mass is 79.9. The number of rotatable bonds is 6. The van der Waals surface area contributed by atoms with E-state index < -0.39 is 6.10 Å². The summed E-state index contributed by atoms with van der Waals surface area (Å²) in [6.07, 6.45) is 5.59. The van der Waals surface area contributed by atoms with E-state index in [1.807, 2.05) is 30.5 Å². The SMILES string of the molecule is C=C[C@@H]1C[N@+]2(Cc3ccccc3Br)CC[C@H]1C[C@@H]2[C@@H](O)c1ccnc2ccc(OC)cc12. The molecule has 3 aromatic rings. The molecule has 3 saturated heterocycles. The molecule has 3 fully saturated rings. The van der Waals surface area contributed by atoms with E-state index in [1.54, 1.807) is 7.11 Å². The Morgan fingerprint density at radius 3 is 2.91 bits per heavy atom. The summed E-state index contributed by atoms with van der Waals surface area (Å²) < 4.78 is 7.50. The van der Waals surface area contributed by atoms with Crippen LogP contribution in [0.25, 0.3) is 10.9 Å². The number of aliphatic hydroxyl groups is 1. The summed E-state index contributed by atoms with van der Waals surface area (Å²) in [5.74, 6) is 1.88. The number of halogens is 1. The van der Waals surface area contributed by atoms with Gasteiger partial charge in [0.2, 0.25) is 0 Å². The molecule has 4 heterocycles. The Bertz CT molecular complexity index is 1150. The Morgan fingerprint density at radius 1 is 1.28 bits per heavy atom. The summed E-state index contributed by atoms with van der Waals surface area (Å²) in [6.45, 7) is 7.17. The molecule has 166 valence electrons. The van der Waals surface area contributed by atoms with Crippen molar-refractivity contribution in [2.45, 2.75) is 31.5 Å². The molecule has 1 N–H and O–H groups in total. The molecular formula is C27H30BrN2O2+. The second-order valence-corrected chi connectivity index (χ2v) is 10.2. The number of ether oxygens (including phenoxy) is 1. The topological polar surface area (TPSA) is 42.4 Å². The van der Waals surface area contributed by atoms with Gasteiger partial charge in [0.15, 0.2) is 0 Å². The quantitative estimate of drug-likeness (QED) is 0.356. The third-order valence-corrected chi connectivity index (χ3v) is 8.56. The molecule has 2 bridgehead atoms. The highest BCUT2D eigenvalue weighted by Gasteiger charge is 2.54. The number of quaternary nitrogens is 1. The molecule has 0 radical (unpaired) electrons. The first-order valence-electron chi connectivity index (χ1n) is 11.4. The third kappa shape index (κ3) is 3.66. The zero-order valence-electron chi connectivity index (χ0n) is 18.5. The predicted molar refractivity (Wildman–Crippen MR) is 131 cm³/mol. The van der Waals surface area contributed by atoms with Gasteiger partial charge in [-0.2, -0.15) is 0 Å². The van der Waals surface area contributed by atoms with E-state index in [4.69, 9.17) is 4.74 Å². The van der Waals surface area contributed by atoms with Crippen LogP contribution in [0.2, 0.25) is 0 Å². The van der Waals surface area contributed by atoms with Crippen molar-refractivity contribution in [1.82, 2.24) is 4.98 Å². The number of benzene rings is 2. The summed E-state index contributed by atoms with van der Waals surface area (Å²) >= 11 is 3.76. The molecule has 3 aliphatic heterocycles. The van der Waals surface area contributed by atoms with Crippen molar-refractivity contribution in [2.75, 3.05) is 20.2 Å². The number of hydrogen-bond acceptors (Lipinski definition) is 3. The fourth-order valence-electron chi connectivity index (χ4n) is 6.09. The molecule has 6 rings (SSSR count). The Kier molecular flexibility index (Phi) is 5.82. The Hall–Kier alpha value is -2.21. The van der Waals surface area contributed by atoms with Crippen molar-refractivity contribution in [1.29, 1.82) is 0 Å². The Labute approximate surface area is 198 Å². The standard InChI is InChI=1S/C27H30BrN2O2/c1-3-18-16-30(17-20-6-4-5-7-24(20)28)13-11-19(18)14-26(30)27(31)22-10-12-29-25-9-8-21(32-2)15-23(22)25/h3-10,12,15,18-19,26-27,31H,1,11,13-14,16-17H2,2H3/q+1/t18-,19+,26-,27+,30+/m1/s1. The molecule has 0 spiro atoms. The van der Waals surface area contributed by atoms with Crippen LogP contribution in [0.1, 0.15) is 30.1 Å². The van der Waals surface area contributed by atoms with E-state index in [0.717, 1.165) is 57.2 Å². The molecule has 1 aromatic heterocycles. The highest BCUT2D eigenvalue weighted by molar-refractivity contribution is 9.10. The summed E-state index contributed by atoms with van der Waals surface area (Å²) in [7, 11) is 1.67. The number of aliphatic hydroxyl groups excluding tert-OH is 1. The van der Waals surface area contributed by atoms with Crippen molar-refractivity contribution >= 4 is 26.8 Å². The maximum absolute atomic E-state index is 11.9. The largest absolute Gasteiger partial charge is 0.497 e. The van der Waals surface area contributed by atoms with Crippen LogP contribution in [0.3, 0.4) is 0 Å². The van der Waals surface area contributed by atoms with Crippen molar-refractivity contribution < 1.29 is 14.3 Å². The first kappa shape index (κ1) is 21.6. The van der Waals surface area contributed by atoms with Crippen LogP contribution in [-0.4, -0.2) is 40.8 Å². The van der Waals surface area contributed by atoms with Gasteiger partial charge in [-0.15, -0.1) is 6.58 Å². The van der Waals surface area contributed by atoms with Gasteiger partial charge >= 0.3 is 0 Å². The smallest absolute Gasteiger partial charge is 0.131 e. The van der Waals surface area contributed by atoms with Gasteiger partial charge in [-0.05, 0) is 41.8 Å². The first-order valence-corrected chi connectivity index (χ1v) is 12.2. The molecule has 0 amide bonds. The van der Waals surface area contributed by atoms with Gasteiger partial charge in [-0.3, -0.25) is 4.98 Å². The lowest BCUT2D eigenvalue weighted by Gasteiger charge is -2.58. The second-order valence-electron chi connectivity index (χ2n) is 9.35. The van der Waals surface area contributed by atoms with Crippen LogP contribution in [-0.2, 0) is 6.54 Å². The second kappa shape index (κ2) is 8.62. The number of methoxy groups -OCH3 is 1. The molecule has 32 heavy (non-hydrogen) atoms. The van der Waals surface area contributed by atoms with Crippen molar-refractivity contribution in [3.63, 3.8) is 0 Å². The van der Waals surface area contributed by atoms with Gasteiger partial charge in [-0.1, -0.05) is 40.2 Å². The number of aromatic nitrogens is 1. The van der Waals surface area contributed by atoms with Crippen LogP contribution in [0.4, 0.5) is 0 Å². The number of hydrogen-bond donors (Lipinski definition) is 1. The van der Waals surface area contributed by atoms with Gasteiger partial charge in [0, 0.05) is 40.4 Å². The summed E-state index contributed by atoms with van der Waals surface area (Å²) in [5, 5.41) is 12.9. The van der Waals surface area contributed by atoms with E-state index in [2.05, 4.69) is 57.8 Å². The molecule has 0 unspecified atom stereocenters. The number of nitrogens with zero attached hydrogens (tertiary/aromatic N) is 2. The van der Waals surface area contributed by atoms with Gasteiger partial charge in [0.25, 0.3) is 0 Å². The number of piperidine rings is 3. The van der Waals surface area contributed by atoms with Gasteiger partial charge in [0.1, 0.15) is 24.4 Å². The number of pyridine rings is 1. The van der Waals surface area contributed by atoms with Crippen LogP contribution in [0, 0.1) is 11.8 Å². The van der Waals surface area contributed by atoms with Crippen molar-refractivity contribution in [2.24, 2.45) is 11.8 Å². The van der Waals surface area contributed by atoms with Crippen molar-refractivity contribution in [3.05, 3.63) is 83.0 Å². The van der Waals surface area contributed by atoms with E-state index >= 15 is 0 Å². The Morgan fingerprint density at radius 2 is 2.12 bits per heavy atom. The number of fused-ring (bicyclic) bond motifs is 4. The van der Waals surface area contributed by atoms with E-state index in [9.17, 15) is 5.11 Å². The molecule has 0 aliphatic carbocycles. The minimum Gasteiger partial charge on any atom is -0.497 e. The summed E-state index contributed by atoms with van der Waals surface area (Å²) in [5.41, 5.74) is 3.14. The zero-order valence-corrected chi connectivity index (χ0v) is 20.0. The van der Waals surface area contributed by atoms with Crippen LogP contribution < -0.4 is 4.74 Å². The van der Waals surface area contributed by atoms with Gasteiger partial charge in [0.05, 0.1) is 25.7 Å². The average Bonchev–Trinajstić information content (AvgIpc) is 2.84. The molecule has 3 aliphatic rings. The highest BCUT2D eigenvalue weighted by Crippen LogP contribution is 2.48. The van der Waals surface area contributed by atoms with Crippen LogP contribution >= 0.6 is 15.9 Å². The van der Waals surface area contributed by atoms with Crippen molar-refractivity contribution in [3.8, 4) is 5.75 Å². The molecule has 2 aromatic carbocycles. The molecule has 0 saturated carbocycles. The minimum absolute atomic E-state index is 0.133. The first-order chi connectivity index (χ1) is 15.5. The molecular weight excluding hydrogens is 464 g/mol. The van der Waals surface area contributed by atoms with Gasteiger partial charge in [-0.25, -0.2) is 0 Å². The zero-order chi connectivity index (χ0) is 22.3. The van der Waals surface area contributed by atoms with E-state index in [1.165, 1.54) is 12.0 Å². The van der Waals surface area contributed by atoms with Crippen LogP contribution in [0.15, 0.2) is 71.9 Å². The lowest BCUT2D eigenvalue weighted by Crippen LogP contribution is -2.67. The average molecular weight is 494 g/mol. The molecule has 4 nitrogen and oxygen atoms in total. The predicted octanol–water partition coefficient (Wildman–Crippen LogP) is 5.65. The fourth-order valence-corrected chi connectivity index (χ4v) is 6.50. The minimum atomic E-state index is -0.566. The lowest BCUT2D eigenvalue weighted by molar-refractivity contribution is -0.985. The van der Waals surface area contributed by atoms with Gasteiger partial charge < -0.3 is 14.3 Å². The van der Waals surface area contributed by atoms with E-state index in [0.29, 0.717) is 11.8 Å². The molecule has 5 heteroatoms. The maximum atomic E-state index is 11.9. The summed E-state index contributed by atoms with van der Waals surface area (Å²) in [4.78, 5) is 4.52. The molecule has 5 atom stereocenters. The monoisotopic (exact) mass is 493 g/mol.